The Morgan fingerprint density at radius 2 is 2.26 bits per heavy atom. The number of rotatable bonds is 5. The molecule has 7 heteroatoms. The second-order valence-electron chi connectivity index (χ2n) is 5.73. The summed E-state index contributed by atoms with van der Waals surface area (Å²) >= 11 is 1.44. The van der Waals surface area contributed by atoms with Gasteiger partial charge < -0.3 is 14.6 Å². The molecule has 0 aliphatic carbocycles. The number of carboxylic acids is 1. The first kappa shape index (κ1) is 16.6. The number of carbonyl (C=O) groups is 1. The first-order chi connectivity index (χ1) is 11.2. The quantitative estimate of drug-likeness (QED) is 0.839. The Balaban J connectivity index is 1.74. The maximum atomic E-state index is 11.1. The first-order valence-electron chi connectivity index (χ1n) is 7.75. The molecule has 2 aliphatic heterocycles. The zero-order chi connectivity index (χ0) is 16.2. The molecule has 1 aromatic carbocycles. The highest BCUT2D eigenvalue weighted by Crippen LogP contribution is 2.32. The predicted molar refractivity (Wildman–Crippen MR) is 88.8 cm³/mol. The molecule has 0 spiro atoms. The molecule has 6 nitrogen and oxygen atoms in total. The van der Waals surface area contributed by atoms with Gasteiger partial charge in [0.05, 0.1) is 20.3 Å². The normalized spacial score (nSPS) is 25.4. The van der Waals surface area contributed by atoms with E-state index in [-0.39, 0.29) is 6.04 Å². The number of aliphatic carboxylic acids is 1. The second-order valence-corrected chi connectivity index (χ2v) is 6.87. The summed E-state index contributed by atoms with van der Waals surface area (Å²) in [7, 11) is 1.68. The molecule has 3 rings (SSSR count). The van der Waals surface area contributed by atoms with E-state index in [0.717, 1.165) is 55.5 Å². The number of carboxylic acid groups (broad SMARTS) is 1. The van der Waals surface area contributed by atoms with Gasteiger partial charge in [-0.15, -0.1) is 11.8 Å². The zero-order valence-electron chi connectivity index (χ0n) is 13.2. The Kier molecular flexibility index (Phi) is 5.42. The van der Waals surface area contributed by atoms with Crippen LogP contribution in [0.5, 0.6) is 5.75 Å². The molecule has 23 heavy (non-hydrogen) atoms. The van der Waals surface area contributed by atoms with Crippen LogP contribution in [0.2, 0.25) is 0 Å². The van der Waals surface area contributed by atoms with Crippen molar-refractivity contribution in [3.63, 3.8) is 0 Å². The molecule has 2 atom stereocenters. The summed E-state index contributed by atoms with van der Waals surface area (Å²) in [6.07, 6.45) is 0. The molecule has 2 saturated heterocycles. The van der Waals surface area contributed by atoms with Gasteiger partial charge in [0.25, 0.3) is 0 Å². The average molecular weight is 338 g/mol. The van der Waals surface area contributed by atoms with Crippen molar-refractivity contribution in [3.05, 3.63) is 29.3 Å². The van der Waals surface area contributed by atoms with Crippen molar-refractivity contribution in [1.82, 2.24) is 10.2 Å². The smallest absolute Gasteiger partial charge is 0.331 e. The van der Waals surface area contributed by atoms with E-state index in [0.29, 0.717) is 0 Å². The number of thioether (sulfide) groups is 1. The van der Waals surface area contributed by atoms with Crippen molar-refractivity contribution in [3.8, 4) is 5.75 Å². The second kappa shape index (κ2) is 7.53. The summed E-state index contributed by atoms with van der Waals surface area (Å²) in [5.74, 6) is 0.834. The van der Waals surface area contributed by atoms with Crippen LogP contribution in [0.25, 0.3) is 0 Å². The van der Waals surface area contributed by atoms with Crippen molar-refractivity contribution >= 4 is 17.7 Å². The zero-order valence-corrected chi connectivity index (χ0v) is 14.0. The molecule has 126 valence electrons. The minimum atomic E-state index is -0.806. The third-order valence-electron chi connectivity index (χ3n) is 4.21. The van der Waals surface area contributed by atoms with E-state index >= 15 is 0 Å². The molecule has 0 radical (unpaired) electrons. The third kappa shape index (κ3) is 3.98. The van der Waals surface area contributed by atoms with Gasteiger partial charge in [0, 0.05) is 37.0 Å². The monoisotopic (exact) mass is 338 g/mol. The molecular weight excluding hydrogens is 316 g/mol. The van der Waals surface area contributed by atoms with Gasteiger partial charge in [0.15, 0.2) is 5.37 Å². The van der Waals surface area contributed by atoms with Crippen LogP contribution in [-0.2, 0) is 16.1 Å². The number of morpholine rings is 1. The van der Waals surface area contributed by atoms with Gasteiger partial charge in [-0.3, -0.25) is 10.2 Å². The number of ether oxygens (including phenoxy) is 2. The maximum absolute atomic E-state index is 11.1. The predicted octanol–water partition coefficient (Wildman–Crippen LogP) is 1.32. The fraction of sp³-hybridized carbons (Fsp3) is 0.562. The van der Waals surface area contributed by atoms with Crippen LogP contribution < -0.4 is 10.1 Å². The molecule has 0 bridgehead atoms. The van der Waals surface area contributed by atoms with Crippen molar-refractivity contribution in [1.29, 1.82) is 0 Å². The van der Waals surface area contributed by atoms with Crippen molar-refractivity contribution < 1.29 is 19.4 Å². The number of hydrogen-bond acceptors (Lipinski definition) is 6. The molecule has 0 aromatic heterocycles. The van der Waals surface area contributed by atoms with Crippen LogP contribution in [0.3, 0.4) is 0 Å². The van der Waals surface area contributed by atoms with Crippen molar-refractivity contribution in [2.45, 2.75) is 18.0 Å². The van der Waals surface area contributed by atoms with E-state index in [9.17, 15) is 4.79 Å². The van der Waals surface area contributed by atoms with Crippen LogP contribution in [0.15, 0.2) is 18.2 Å². The number of benzene rings is 1. The van der Waals surface area contributed by atoms with E-state index in [2.05, 4.69) is 16.3 Å². The summed E-state index contributed by atoms with van der Waals surface area (Å²) in [5.41, 5.74) is 2.25. The lowest BCUT2D eigenvalue weighted by molar-refractivity contribution is -0.137. The van der Waals surface area contributed by atoms with E-state index in [4.69, 9.17) is 14.6 Å². The van der Waals surface area contributed by atoms with Gasteiger partial charge in [0.1, 0.15) is 5.75 Å². The van der Waals surface area contributed by atoms with Gasteiger partial charge >= 0.3 is 5.97 Å². The Morgan fingerprint density at radius 3 is 2.91 bits per heavy atom. The molecule has 0 saturated carbocycles. The van der Waals surface area contributed by atoms with Gasteiger partial charge in [-0.1, -0.05) is 6.07 Å². The van der Waals surface area contributed by atoms with Gasteiger partial charge in [0.2, 0.25) is 0 Å². The van der Waals surface area contributed by atoms with E-state index in [1.807, 2.05) is 12.1 Å². The minimum Gasteiger partial charge on any atom is -0.496 e. The van der Waals surface area contributed by atoms with Crippen LogP contribution in [0, 0.1) is 0 Å². The van der Waals surface area contributed by atoms with E-state index in [1.54, 1.807) is 7.11 Å². The van der Waals surface area contributed by atoms with Crippen molar-refractivity contribution in [2.24, 2.45) is 0 Å². The molecule has 1 aromatic rings. The number of nitrogens with one attached hydrogen (secondary N) is 1. The van der Waals surface area contributed by atoms with Crippen LogP contribution in [0.1, 0.15) is 17.2 Å². The van der Waals surface area contributed by atoms with Gasteiger partial charge in [-0.25, -0.2) is 4.79 Å². The van der Waals surface area contributed by atoms with Gasteiger partial charge in [-0.2, -0.15) is 0 Å². The Hall–Kier alpha value is -1.28. The lowest BCUT2D eigenvalue weighted by Gasteiger charge is -2.27. The highest BCUT2D eigenvalue weighted by atomic mass is 32.2. The summed E-state index contributed by atoms with van der Waals surface area (Å²) < 4.78 is 10.9. The van der Waals surface area contributed by atoms with E-state index < -0.39 is 11.3 Å². The SMILES string of the molecule is COc1ccc([C@H]2CS[C@@H](C(=O)O)N2)cc1CN1CCOCC1. The van der Waals surface area contributed by atoms with Crippen LogP contribution >= 0.6 is 11.8 Å². The lowest BCUT2D eigenvalue weighted by atomic mass is 10.0. The standard InChI is InChI=1S/C16H22N2O4S/c1-21-14-3-2-11(13-10-23-15(17-13)16(19)20)8-12(14)9-18-4-6-22-7-5-18/h2-3,8,13,15,17H,4-7,9-10H2,1H3,(H,19,20)/t13-,15+/m1/s1. The van der Waals surface area contributed by atoms with Crippen molar-refractivity contribution in [2.75, 3.05) is 39.2 Å². The fourth-order valence-electron chi connectivity index (χ4n) is 2.95. The highest BCUT2D eigenvalue weighted by Gasteiger charge is 2.30. The van der Waals surface area contributed by atoms with Crippen LogP contribution in [0.4, 0.5) is 0 Å². The number of nitrogens with zero attached hydrogens (tertiary/aromatic N) is 1. The molecule has 2 heterocycles. The van der Waals surface area contributed by atoms with Gasteiger partial charge in [-0.05, 0) is 17.7 Å². The first-order valence-corrected chi connectivity index (χ1v) is 8.79. The number of hydrogen-bond donors (Lipinski definition) is 2. The van der Waals surface area contributed by atoms with E-state index in [1.165, 1.54) is 11.8 Å². The summed E-state index contributed by atoms with van der Waals surface area (Å²) in [4.78, 5) is 13.4. The molecule has 0 unspecified atom stereocenters. The average Bonchev–Trinajstić information content (AvgIpc) is 3.06. The maximum Gasteiger partial charge on any atom is 0.331 e. The fourth-order valence-corrected chi connectivity index (χ4v) is 4.02. The third-order valence-corrected chi connectivity index (χ3v) is 5.41. The molecule has 2 N–H and O–H groups in total. The highest BCUT2D eigenvalue weighted by molar-refractivity contribution is 8.00. The Bertz CT molecular complexity index is 563. The number of methoxy groups -OCH3 is 1. The Labute approximate surface area is 140 Å². The minimum absolute atomic E-state index is 0.0652. The lowest BCUT2D eigenvalue weighted by Crippen LogP contribution is -2.35. The topological polar surface area (TPSA) is 71.0 Å². The summed E-state index contributed by atoms with van der Waals surface area (Å²) in [5, 5.41) is 11.7. The van der Waals surface area contributed by atoms with Crippen LogP contribution in [-0.4, -0.2) is 60.5 Å². The Morgan fingerprint density at radius 1 is 1.48 bits per heavy atom. The molecular formula is C16H22N2O4S. The summed E-state index contributed by atoms with van der Waals surface area (Å²) in [6.45, 7) is 4.20. The largest absolute Gasteiger partial charge is 0.496 e. The molecule has 0 amide bonds. The molecule has 2 fully saturated rings. The summed E-state index contributed by atoms with van der Waals surface area (Å²) in [6, 6.07) is 6.20. The molecule has 2 aliphatic rings.